The molecule has 2 N–H and O–H groups in total. The van der Waals surface area contributed by atoms with Gasteiger partial charge in [0.05, 0.1) is 11.9 Å². The minimum absolute atomic E-state index is 0.141. The Hall–Kier alpha value is -2.08. The van der Waals surface area contributed by atoms with E-state index in [4.69, 9.17) is 9.52 Å². The summed E-state index contributed by atoms with van der Waals surface area (Å²) >= 11 is 0. The molecule has 0 atom stereocenters. The lowest BCUT2D eigenvalue weighted by atomic mass is 10.1. The first-order valence-corrected chi connectivity index (χ1v) is 6.06. The number of H-pyrrole nitrogens is 1. The predicted molar refractivity (Wildman–Crippen MR) is 70.3 cm³/mol. The number of benzene rings is 1. The van der Waals surface area contributed by atoms with E-state index in [-0.39, 0.29) is 6.42 Å². The van der Waals surface area contributed by atoms with Gasteiger partial charge in [-0.25, -0.2) is 4.79 Å². The molecule has 0 amide bonds. The molecule has 0 radical (unpaired) electrons. The van der Waals surface area contributed by atoms with Crippen molar-refractivity contribution in [2.45, 2.75) is 12.8 Å². The maximum Gasteiger partial charge on any atom is 0.417 e. The molecule has 6 heteroatoms. The van der Waals surface area contributed by atoms with Crippen molar-refractivity contribution in [3.05, 3.63) is 34.3 Å². The fourth-order valence-corrected chi connectivity index (χ4v) is 1.86. The van der Waals surface area contributed by atoms with Crippen molar-refractivity contribution in [3.63, 3.8) is 0 Å². The number of likely N-dealkylation sites (N-methyl/N-ethyl adjacent to an activating group) is 1. The number of hydrogen-bond donors (Lipinski definition) is 2. The van der Waals surface area contributed by atoms with E-state index in [2.05, 4.69) is 4.98 Å². The van der Waals surface area contributed by atoms with E-state index < -0.39 is 11.7 Å². The highest BCUT2D eigenvalue weighted by atomic mass is 16.4. The van der Waals surface area contributed by atoms with Gasteiger partial charge in [-0.2, -0.15) is 0 Å². The van der Waals surface area contributed by atoms with Crippen molar-refractivity contribution < 1.29 is 14.3 Å². The second-order valence-electron chi connectivity index (χ2n) is 4.54. The number of rotatable bonds is 6. The lowest BCUT2D eigenvalue weighted by Crippen LogP contribution is -2.24. The van der Waals surface area contributed by atoms with Gasteiger partial charge in [0.1, 0.15) is 0 Å². The maximum absolute atomic E-state index is 11.0. The van der Waals surface area contributed by atoms with Gasteiger partial charge in [-0.15, -0.1) is 0 Å². The number of aliphatic carboxylic acids is 1. The summed E-state index contributed by atoms with van der Waals surface area (Å²) in [5.74, 6) is -1.24. The average Bonchev–Trinajstić information content (AvgIpc) is 2.73. The fraction of sp³-hybridized carbons (Fsp3) is 0.385. The minimum Gasteiger partial charge on any atom is -0.481 e. The molecule has 1 heterocycles. The zero-order valence-corrected chi connectivity index (χ0v) is 10.7. The van der Waals surface area contributed by atoms with Crippen LogP contribution in [-0.4, -0.2) is 41.1 Å². The Morgan fingerprint density at radius 2 is 2.21 bits per heavy atom. The Morgan fingerprint density at radius 3 is 2.95 bits per heavy atom. The first-order valence-electron chi connectivity index (χ1n) is 6.06. The number of nitrogens with zero attached hydrogens (tertiary/aromatic N) is 1. The SMILES string of the molecule is CN(CCC(=O)O)CCc1ccc2[nH]c(=O)oc2c1. The van der Waals surface area contributed by atoms with Crippen molar-refractivity contribution in [2.75, 3.05) is 20.1 Å². The molecule has 0 saturated carbocycles. The minimum atomic E-state index is -0.789. The molecule has 1 aromatic heterocycles. The summed E-state index contributed by atoms with van der Waals surface area (Å²) in [6, 6.07) is 5.57. The van der Waals surface area contributed by atoms with Gasteiger partial charge in [0.15, 0.2) is 5.58 Å². The molecule has 0 aliphatic heterocycles. The quantitative estimate of drug-likeness (QED) is 0.815. The Balaban J connectivity index is 1.93. The molecule has 0 bridgehead atoms. The van der Waals surface area contributed by atoms with E-state index in [1.54, 1.807) is 0 Å². The lowest BCUT2D eigenvalue weighted by molar-refractivity contribution is -0.137. The standard InChI is InChI=1S/C13H16N2O4/c1-15(7-5-12(16)17)6-4-9-2-3-10-11(8-9)19-13(18)14-10/h2-3,8H,4-7H2,1H3,(H,14,18)(H,16,17). The van der Waals surface area contributed by atoms with Crippen LogP contribution in [0.25, 0.3) is 11.1 Å². The molecule has 102 valence electrons. The van der Waals surface area contributed by atoms with Crippen LogP contribution in [0.4, 0.5) is 0 Å². The summed E-state index contributed by atoms with van der Waals surface area (Å²) in [6.45, 7) is 1.28. The first-order chi connectivity index (χ1) is 9.04. The van der Waals surface area contributed by atoms with Gasteiger partial charge in [0, 0.05) is 13.1 Å². The van der Waals surface area contributed by atoms with Crippen molar-refractivity contribution in [3.8, 4) is 0 Å². The summed E-state index contributed by atoms with van der Waals surface area (Å²) in [4.78, 5) is 26.0. The van der Waals surface area contributed by atoms with Crippen LogP contribution in [0.3, 0.4) is 0 Å². The van der Waals surface area contributed by atoms with Crippen LogP contribution in [0.5, 0.6) is 0 Å². The molecular weight excluding hydrogens is 248 g/mol. The zero-order chi connectivity index (χ0) is 13.8. The maximum atomic E-state index is 11.0. The highest BCUT2D eigenvalue weighted by molar-refractivity contribution is 5.72. The largest absolute Gasteiger partial charge is 0.481 e. The van der Waals surface area contributed by atoms with Gasteiger partial charge in [-0.3, -0.25) is 9.78 Å². The van der Waals surface area contributed by atoms with Crippen LogP contribution in [0.15, 0.2) is 27.4 Å². The number of fused-ring (bicyclic) bond motifs is 1. The molecule has 6 nitrogen and oxygen atoms in total. The average molecular weight is 264 g/mol. The molecule has 0 aliphatic carbocycles. The van der Waals surface area contributed by atoms with E-state index in [0.717, 1.165) is 18.5 Å². The topological polar surface area (TPSA) is 86.5 Å². The molecule has 2 aromatic rings. The second-order valence-corrected chi connectivity index (χ2v) is 4.54. The fourth-order valence-electron chi connectivity index (χ4n) is 1.86. The van der Waals surface area contributed by atoms with E-state index in [1.807, 2.05) is 30.1 Å². The number of carboxylic acids is 1. The van der Waals surface area contributed by atoms with E-state index in [0.29, 0.717) is 17.6 Å². The van der Waals surface area contributed by atoms with Gasteiger partial charge in [0.2, 0.25) is 0 Å². The Morgan fingerprint density at radius 1 is 1.42 bits per heavy atom. The van der Waals surface area contributed by atoms with Crippen molar-refractivity contribution in [1.82, 2.24) is 9.88 Å². The van der Waals surface area contributed by atoms with Crippen molar-refractivity contribution in [1.29, 1.82) is 0 Å². The predicted octanol–water partition coefficient (Wildman–Crippen LogP) is 1.07. The molecule has 0 unspecified atom stereocenters. The number of carbonyl (C=O) groups is 1. The van der Waals surface area contributed by atoms with E-state index >= 15 is 0 Å². The second kappa shape index (κ2) is 5.71. The molecule has 1 aromatic carbocycles. The van der Waals surface area contributed by atoms with Crippen LogP contribution < -0.4 is 5.76 Å². The molecular formula is C13H16N2O4. The van der Waals surface area contributed by atoms with Crippen LogP contribution in [-0.2, 0) is 11.2 Å². The van der Waals surface area contributed by atoms with Crippen LogP contribution in [0.2, 0.25) is 0 Å². The van der Waals surface area contributed by atoms with Gasteiger partial charge in [-0.05, 0) is 31.2 Å². The lowest BCUT2D eigenvalue weighted by Gasteiger charge is -2.14. The van der Waals surface area contributed by atoms with Crippen molar-refractivity contribution >= 4 is 17.1 Å². The number of carboxylic acid groups (broad SMARTS) is 1. The Kier molecular flexibility index (Phi) is 4.01. The van der Waals surface area contributed by atoms with Gasteiger partial charge < -0.3 is 14.4 Å². The normalized spacial score (nSPS) is 11.3. The van der Waals surface area contributed by atoms with E-state index in [9.17, 15) is 9.59 Å². The Bertz CT molecular complexity index is 629. The molecule has 19 heavy (non-hydrogen) atoms. The molecule has 0 spiro atoms. The highest BCUT2D eigenvalue weighted by Crippen LogP contribution is 2.13. The number of aromatic amines is 1. The number of oxazole rings is 1. The number of hydrogen-bond acceptors (Lipinski definition) is 4. The molecule has 0 saturated heterocycles. The first kappa shape index (κ1) is 13.4. The highest BCUT2D eigenvalue weighted by Gasteiger charge is 2.05. The number of aromatic nitrogens is 1. The summed E-state index contributed by atoms with van der Waals surface area (Å²) in [5, 5.41) is 8.60. The third kappa shape index (κ3) is 3.69. The van der Waals surface area contributed by atoms with Crippen LogP contribution in [0, 0.1) is 0 Å². The summed E-state index contributed by atoms with van der Waals surface area (Å²) < 4.78 is 4.99. The molecule has 0 aliphatic rings. The van der Waals surface area contributed by atoms with E-state index in [1.165, 1.54) is 0 Å². The summed E-state index contributed by atoms with van der Waals surface area (Å²) in [6.07, 6.45) is 0.920. The van der Waals surface area contributed by atoms with Crippen LogP contribution in [0.1, 0.15) is 12.0 Å². The summed E-state index contributed by atoms with van der Waals surface area (Å²) in [5.41, 5.74) is 2.29. The third-order valence-corrected chi connectivity index (χ3v) is 2.97. The summed E-state index contributed by atoms with van der Waals surface area (Å²) in [7, 11) is 1.89. The smallest absolute Gasteiger partial charge is 0.417 e. The monoisotopic (exact) mass is 264 g/mol. The van der Waals surface area contributed by atoms with Gasteiger partial charge >= 0.3 is 11.7 Å². The van der Waals surface area contributed by atoms with Gasteiger partial charge in [0.25, 0.3) is 0 Å². The van der Waals surface area contributed by atoms with Crippen molar-refractivity contribution in [2.24, 2.45) is 0 Å². The zero-order valence-electron chi connectivity index (χ0n) is 10.7. The van der Waals surface area contributed by atoms with Crippen LogP contribution >= 0.6 is 0 Å². The molecule has 2 rings (SSSR count). The number of nitrogens with one attached hydrogen (secondary N) is 1. The van der Waals surface area contributed by atoms with Gasteiger partial charge in [-0.1, -0.05) is 6.07 Å². The Labute approximate surface area is 109 Å². The third-order valence-electron chi connectivity index (χ3n) is 2.97. The molecule has 0 fully saturated rings.